The smallest absolute Gasteiger partial charge is 0.175 e. The number of halogens is 2. The summed E-state index contributed by atoms with van der Waals surface area (Å²) in [5.41, 5.74) is 1.01. The van der Waals surface area contributed by atoms with E-state index in [0.29, 0.717) is 21.3 Å². The molecule has 0 aliphatic heterocycles. The summed E-state index contributed by atoms with van der Waals surface area (Å²) in [7, 11) is 6.83. The number of hydrogen-bond acceptors (Lipinski definition) is 3. The summed E-state index contributed by atoms with van der Waals surface area (Å²) >= 11 is 3.20. The van der Waals surface area contributed by atoms with Crippen molar-refractivity contribution < 1.29 is 9.13 Å². The Morgan fingerprint density at radius 2 is 2.06 bits per heavy atom. The van der Waals surface area contributed by atoms with E-state index < -0.39 is 5.82 Å². The minimum Gasteiger partial charge on any atom is -0.492 e. The van der Waals surface area contributed by atoms with Crippen LogP contribution in [0.5, 0.6) is 5.75 Å². The molecule has 0 saturated heterocycles. The van der Waals surface area contributed by atoms with Crippen LogP contribution in [-0.4, -0.2) is 24.9 Å². The quantitative estimate of drug-likeness (QED) is 0.793. The molecule has 0 amide bonds. The molecule has 1 aromatic heterocycles. The van der Waals surface area contributed by atoms with Crippen LogP contribution in [-0.2, 0) is 0 Å². The maximum absolute atomic E-state index is 14.1. The number of rotatable bonds is 2. The van der Waals surface area contributed by atoms with E-state index in [-0.39, 0.29) is 5.75 Å². The Kier molecular flexibility index (Phi) is 3.42. The molecule has 0 aliphatic carbocycles. The summed E-state index contributed by atoms with van der Waals surface area (Å²) in [4.78, 5) is 7.89. The van der Waals surface area contributed by atoms with Crippen LogP contribution in [0.15, 0.2) is 29.0 Å². The standard InChI is InChI=1S/C11H7BBrFN2O/c1-17-11-7(13)3-2-6(10(11)14)8-4-16-9(12)5-15-8/h2-5H,1H3. The van der Waals surface area contributed by atoms with Gasteiger partial charge in [-0.15, -0.1) is 0 Å². The predicted octanol–water partition coefficient (Wildman–Crippen LogP) is 1.85. The number of ether oxygens (including phenoxy) is 1. The molecule has 0 N–H and O–H groups in total. The lowest BCUT2D eigenvalue weighted by molar-refractivity contribution is 0.384. The monoisotopic (exact) mass is 292 g/mol. The highest BCUT2D eigenvalue weighted by atomic mass is 79.9. The van der Waals surface area contributed by atoms with E-state index in [1.165, 1.54) is 19.5 Å². The first-order valence-corrected chi connectivity index (χ1v) is 5.52. The molecule has 0 atom stereocenters. The zero-order valence-electron chi connectivity index (χ0n) is 8.95. The molecule has 3 nitrogen and oxygen atoms in total. The highest BCUT2D eigenvalue weighted by Gasteiger charge is 2.14. The average Bonchev–Trinajstić information content (AvgIpc) is 2.31. The van der Waals surface area contributed by atoms with Crippen LogP contribution >= 0.6 is 15.9 Å². The molecule has 84 valence electrons. The molecule has 0 fully saturated rings. The highest BCUT2D eigenvalue weighted by Crippen LogP contribution is 2.33. The van der Waals surface area contributed by atoms with E-state index >= 15 is 0 Å². The van der Waals surface area contributed by atoms with Gasteiger partial charge in [0.05, 0.1) is 23.5 Å². The third-order valence-electron chi connectivity index (χ3n) is 2.20. The molecule has 0 bridgehead atoms. The van der Waals surface area contributed by atoms with Gasteiger partial charge in [-0.2, -0.15) is 0 Å². The Morgan fingerprint density at radius 3 is 2.65 bits per heavy atom. The zero-order chi connectivity index (χ0) is 12.4. The normalized spacial score (nSPS) is 10.3. The molecule has 1 aromatic carbocycles. The highest BCUT2D eigenvalue weighted by molar-refractivity contribution is 9.10. The van der Waals surface area contributed by atoms with Gasteiger partial charge in [-0.25, -0.2) is 4.39 Å². The number of aromatic nitrogens is 2. The van der Waals surface area contributed by atoms with Crippen LogP contribution in [0.25, 0.3) is 11.3 Å². The average molecular weight is 293 g/mol. The number of nitrogens with zero attached hydrogens (tertiary/aromatic N) is 2. The van der Waals surface area contributed by atoms with Crippen molar-refractivity contribution >= 4 is 29.4 Å². The Labute approximate surface area is 108 Å². The first-order chi connectivity index (χ1) is 8.13. The lowest BCUT2D eigenvalue weighted by Gasteiger charge is -2.08. The van der Waals surface area contributed by atoms with E-state index in [0.717, 1.165) is 0 Å². The van der Waals surface area contributed by atoms with Crippen LogP contribution < -0.4 is 10.3 Å². The van der Waals surface area contributed by atoms with Crippen LogP contribution in [0.2, 0.25) is 0 Å². The van der Waals surface area contributed by atoms with Crippen molar-refractivity contribution in [2.24, 2.45) is 0 Å². The summed E-state index contributed by atoms with van der Waals surface area (Å²) in [5.74, 6) is -0.345. The van der Waals surface area contributed by atoms with Gasteiger partial charge in [0.1, 0.15) is 7.85 Å². The SMILES string of the molecule is [B]c1cnc(-c2ccc(Br)c(OC)c2F)cn1. The molecule has 2 rings (SSSR count). The minimum absolute atomic E-state index is 0.140. The van der Waals surface area contributed by atoms with E-state index in [1.807, 2.05) is 0 Å². The molecule has 0 aliphatic rings. The molecule has 17 heavy (non-hydrogen) atoms. The van der Waals surface area contributed by atoms with Crippen molar-refractivity contribution in [1.82, 2.24) is 9.97 Å². The molecular weight excluding hydrogens is 286 g/mol. The molecule has 0 unspecified atom stereocenters. The van der Waals surface area contributed by atoms with E-state index in [2.05, 4.69) is 25.9 Å². The first kappa shape index (κ1) is 12.0. The van der Waals surface area contributed by atoms with Gasteiger partial charge in [0.2, 0.25) is 0 Å². The molecular formula is C11H7BBrFN2O. The topological polar surface area (TPSA) is 35.0 Å². The summed E-state index contributed by atoms with van der Waals surface area (Å²) in [6.45, 7) is 0. The Balaban J connectivity index is 2.56. The fraction of sp³-hybridized carbons (Fsp3) is 0.0909. The Morgan fingerprint density at radius 1 is 1.29 bits per heavy atom. The van der Waals surface area contributed by atoms with Crippen LogP contribution in [0, 0.1) is 5.82 Å². The van der Waals surface area contributed by atoms with E-state index in [9.17, 15) is 4.39 Å². The van der Waals surface area contributed by atoms with Crippen LogP contribution in [0.3, 0.4) is 0 Å². The lowest BCUT2D eigenvalue weighted by Crippen LogP contribution is -2.08. The summed E-state index contributed by atoms with van der Waals surface area (Å²) in [6, 6.07) is 3.29. The van der Waals surface area contributed by atoms with E-state index in [4.69, 9.17) is 12.6 Å². The van der Waals surface area contributed by atoms with Gasteiger partial charge in [0.25, 0.3) is 0 Å². The minimum atomic E-state index is -0.485. The number of benzene rings is 1. The summed E-state index contributed by atoms with van der Waals surface area (Å²) in [6.07, 6.45) is 2.80. The first-order valence-electron chi connectivity index (χ1n) is 4.73. The molecule has 0 spiro atoms. The van der Waals surface area contributed by atoms with Crippen LogP contribution in [0.1, 0.15) is 0 Å². The van der Waals surface area contributed by atoms with Gasteiger partial charge < -0.3 is 4.74 Å². The van der Waals surface area contributed by atoms with E-state index in [1.54, 1.807) is 12.1 Å². The lowest BCUT2D eigenvalue weighted by atomic mass is 10.1. The second-order valence-electron chi connectivity index (χ2n) is 3.27. The second-order valence-corrected chi connectivity index (χ2v) is 4.12. The Bertz CT molecular complexity index is 548. The van der Waals surface area contributed by atoms with Crippen LogP contribution in [0.4, 0.5) is 4.39 Å². The van der Waals surface area contributed by atoms with Gasteiger partial charge >= 0.3 is 0 Å². The van der Waals surface area contributed by atoms with Crippen molar-refractivity contribution in [3.63, 3.8) is 0 Å². The van der Waals surface area contributed by atoms with Crippen molar-refractivity contribution in [3.05, 3.63) is 34.8 Å². The van der Waals surface area contributed by atoms with Crippen molar-refractivity contribution in [3.8, 4) is 17.0 Å². The molecule has 2 aromatic rings. The maximum atomic E-state index is 14.1. The fourth-order valence-electron chi connectivity index (χ4n) is 1.39. The molecule has 1 heterocycles. The third-order valence-corrected chi connectivity index (χ3v) is 2.83. The van der Waals surface area contributed by atoms with Gasteiger partial charge in [0.15, 0.2) is 11.6 Å². The largest absolute Gasteiger partial charge is 0.492 e. The number of hydrogen-bond donors (Lipinski definition) is 0. The van der Waals surface area contributed by atoms with Crippen molar-refractivity contribution in [2.45, 2.75) is 0 Å². The number of methoxy groups -OCH3 is 1. The molecule has 2 radical (unpaired) electrons. The van der Waals surface area contributed by atoms with Crippen molar-refractivity contribution in [1.29, 1.82) is 0 Å². The summed E-state index contributed by atoms with van der Waals surface area (Å²) in [5, 5.41) is 0. The van der Waals surface area contributed by atoms with Gasteiger partial charge in [-0.05, 0) is 28.1 Å². The van der Waals surface area contributed by atoms with Gasteiger partial charge in [-0.1, -0.05) is 0 Å². The third kappa shape index (κ3) is 2.31. The zero-order valence-corrected chi connectivity index (χ0v) is 10.5. The fourth-order valence-corrected chi connectivity index (χ4v) is 1.86. The van der Waals surface area contributed by atoms with Crippen molar-refractivity contribution in [2.75, 3.05) is 7.11 Å². The second kappa shape index (κ2) is 4.83. The molecule has 6 heteroatoms. The Hall–Kier alpha value is -1.43. The van der Waals surface area contributed by atoms with Gasteiger partial charge in [-0.3, -0.25) is 9.97 Å². The van der Waals surface area contributed by atoms with Gasteiger partial charge in [0, 0.05) is 17.4 Å². The predicted molar refractivity (Wildman–Crippen MR) is 67.1 cm³/mol. The summed E-state index contributed by atoms with van der Waals surface area (Å²) < 4.78 is 19.6. The maximum Gasteiger partial charge on any atom is 0.175 e. The molecule has 0 saturated carbocycles.